The molecule has 0 unspecified atom stereocenters. The van der Waals surface area contributed by atoms with Crippen LogP contribution in [0.15, 0.2) is 17.0 Å². The number of fused-ring (bicyclic) bond motifs is 1. The molecular formula is C22H27F2N7O3S2. The summed E-state index contributed by atoms with van der Waals surface area (Å²) in [5.74, 6) is 0.383. The minimum Gasteiger partial charge on any atom is -0.395 e. The maximum Gasteiger partial charge on any atom is 0.291 e. The average molecular weight is 540 g/mol. The van der Waals surface area contributed by atoms with Gasteiger partial charge in [0, 0.05) is 36.1 Å². The molecule has 10 nitrogen and oxygen atoms in total. The number of aryl methyl sites for hydroxylation is 1. The van der Waals surface area contributed by atoms with Crippen molar-refractivity contribution in [3.05, 3.63) is 23.0 Å². The minimum absolute atomic E-state index is 0.0221. The number of rotatable bonds is 7. The van der Waals surface area contributed by atoms with Crippen LogP contribution in [-0.4, -0.2) is 71.0 Å². The number of hydrogen-bond donors (Lipinski definition) is 3. The molecule has 1 saturated heterocycles. The number of nitrogens with zero attached hydrogens (tertiary/aromatic N) is 5. The third-order valence-electron chi connectivity index (χ3n) is 6.40. The van der Waals surface area contributed by atoms with E-state index in [4.69, 9.17) is 0 Å². The molecule has 2 fully saturated rings. The summed E-state index contributed by atoms with van der Waals surface area (Å²) in [6, 6.07) is 2.87. The first-order valence-corrected chi connectivity index (χ1v) is 13.9. The van der Waals surface area contributed by atoms with Gasteiger partial charge in [0.2, 0.25) is 10.0 Å². The van der Waals surface area contributed by atoms with Gasteiger partial charge in [0.05, 0.1) is 22.7 Å². The Morgan fingerprint density at radius 1 is 1.28 bits per heavy atom. The quantitative estimate of drug-likeness (QED) is 0.414. The first-order chi connectivity index (χ1) is 17.0. The lowest BCUT2D eigenvalue weighted by atomic mass is 10.1. The van der Waals surface area contributed by atoms with Gasteiger partial charge in [-0.25, -0.2) is 31.9 Å². The Labute approximate surface area is 211 Å². The standard InChI is InChI=1S/C22H27F2N7O3S2/c1-11-8-31(9-13(10-32)25-11)16-7-14(36(33,34)30-22(3)4-5-22)6-15-17(16)26-12(2)27-18(15)20-28-29-21(35-20)19(23)24/h6-7,11,13,19,25,30,32H,4-5,8-10H2,1-3H3/t11-,13+/m1/s1. The summed E-state index contributed by atoms with van der Waals surface area (Å²) in [6.45, 7) is 6.40. The van der Waals surface area contributed by atoms with E-state index in [0.717, 1.165) is 12.8 Å². The zero-order valence-corrected chi connectivity index (χ0v) is 21.6. The van der Waals surface area contributed by atoms with Crippen LogP contribution < -0.4 is 14.9 Å². The SMILES string of the molecule is Cc1nc(-c2nnc(C(F)F)s2)c2cc(S(=O)(=O)NC3(C)CC3)cc(N3C[C@@H](CO)N[C@H](C)C3)c2n1. The van der Waals surface area contributed by atoms with Crippen LogP contribution in [0.1, 0.15) is 43.9 Å². The largest absolute Gasteiger partial charge is 0.395 e. The fourth-order valence-electron chi connectivity index (χ4n) is 4.44. The molecule has 3 heterocycles. The summed E-state index contributed by atoms with van der Waals surface area (Å²) in [5, 5.41) is 20.7. The molecule has 1 aliphatic heterocycles. The van der Waals surface area contributed by atoms with Gasteiger partial charge in [0.15, 0.2) is 10.0 Å². The van der Waals surface area contributed by atoms with Crippen LogP contribution in [0, 0.1) is 6.92 Å². The molecule has 36 heavy (non-hydrogen) atoms. The molecule has 2 aliphatic rings. The number of piperazine rings is 1. The van der Waals surface area contributed by atoms with E-state index in [0.29, 0.717) is 46.8 Å². The van der Waals surface area contributed by atoms with Crippen LogP contribution in [0.4, 0.5) is 14.5 Å². The predicted molar refractivity (Wildman–Crippen MR) is 132 cm³/mol. The van der Waals surface area contributed by atoms with Gasteiger partial charge in [-0.05, 0) is 45.7 Å². The number of aliphatic hydroxyl groups is 1. The second kappa shape index (κ2) is 9.17. The van der Waals surface area contributed by atoms with Crippen LogP contribution in [0.25, 0.3) is 21.6 Å². The van der Waals surface area contributed by atoms with E-state index < -0.39 is 27.0 Å². The molecule has 0 spiro atoms. The summed E-state index contributed by atoms with van der Waals surface area (Å²) < 4.78 is 56.1. The zero-order chi connectivity index (χ0) is 25.8. The number of benzene rings is 1. The van der Waals surface area contributed by atoms with E-state index >= 15 is 0 Å². The monoisotopic (exact) mass is 539 g/mol. The highest BCUT2D eigenvalue weighted by Crippen LogP contribution is 2.39. The Bertz CT molecular complexity index is 1410. The van der Waals surface area contributed by atoms with Crippen molar-refractivity contribution in [2.45, 2.75) is 62.6 Å². The van der Waals surface area contributed by atoms with E-state index in [-0.39, 0.29) is 34.3 Å². The second-order valence-electron chi connectivity index (χ2n) is 9.72. The number of aliphatic hydroxyl groups excluding tert-OH is 1. The molecule has 0 bridgehead atoms. The van der Waals surface area contributed by atoms with Crippen molar-refractivity contribution in [3.63, 3.8) is 0 Å². The molecule has 2 aromatic heterocycles. The smallest absolute Gasteiger partial charge is 0.291 e. The summed E-state index contributed by atoms with van der Waals surface area (Å²) in [7, 11) is -3.91. The Kier molecular flexibility index (Phi) is 6.44. The van der Waals surface area contributed by atoms with Gasteiger partial charge in [-0.3, -0.25) is 0 Å². The number of nitrogens with one attached hydrogen (secondary N) is 2. The molecule has 0 radical (unpaired) electrons. The number of halogens is 2. The van der Waals surface area contributed by atoms with Crippen LogP contribution in [0.2, 0.25) is 0 Å². The van der Waals surface area contributed by atoms with E-state index in [2.05, 4.69) is 30.2 Å². The number of alkyl halides is 2. The van der Waals surface area contributed by atoms with Crippen molar-refractivity contribution in [2.24, 2.45) is 0 Å². The summed E-state index contributed by atoms with van der Waals surface area (Å²) >= 11 is 0.713. The topological polar surface area (TPSA) is 133 Å². The van der Waals surface area contributed by atoms with E-state index in [1.54, 1.807) is 13.0 Å². The van der Waals surface area contributed by atoms with Gasteiger partial charge < -0.3 is 15.3 Å². The number of aromatic nitrogens is 4. The molecule has 2 atom stereocenters. The van der Waals surface area contributed by atoms with Crippen LogP contribution >= 0.6 is 11.3 Å². The molecule has 1 aliphatic carbocycles. The van der Waals surface area contributed by atoms with E-state index in [1.165, 1.54) is 6.07 Å². The summed E-state index contributed by atoms with van der Waals surface area (Å²) in [4.78, 5) is 11.1. The molecule has 3 N–H and O–H groups in total. The lowest BCUT2D eigenvalue weighted by molar-refractivity contribution is 0.150. The van der Waals surface area contributed by atoms with Crippen molar-refractivity contribution in [2.75, 3.05) is 24.6 Å². The van der Waals surface area contributed by atoms with E-state index in [1.807, 2.05) is 18.7 Å². The molecule has 194 valence electrons. The molecule has 0 amide bonds. The van der Waals surface area contributed by atoms with Crippen LogP contribution in [-0.2, 0) is 10.0 Å². The van der Waals surface area contributed by atoms with Gasteiger partial charge >= 0.3 is 0 Å². The minimum atomic E-state index is -3.91. The molecule has 1 saturated carbocycles. The predicted octanol–water partition coefficient (Wildman–Crippen LogP) is 2.38. The number of anilines is 1. The Morgan fingerprint density at radius 3 is 2.67 bits per heavy atom. The van der Waals surface area contributed by atoms with Crippen molar-refractivity contribution in [3.8, 4) is 10.7 Å². The normalized spacial score (nSPS) is 21.9. The van der Waals surface area contributed by atoms with Gasteiger partial charge in [0.1, 0.15) is 11.5 Å². The third-order valence-corrected chi connectivity index (χ3v) is 8.96. The number of hydrogen-bond acceptors (Lipinski definition) is 10. The average Bonchev–Trinajstić information content (AvgIpc) is 3.31. The highest BCUT2D eigenvalue weighted by molar-refractivity contribution is 7.89. The van der Waals surface area contributed by atoms with Crippen molar-refractivity contribution >= 4 is 38.0 Å². The Balaban J connectivity index is 1.73. The molecule has 3 aromatic rings. The zero-order valence-electron chi connectivity index (χ0n) is 20.0. The Hall–Kier alpha value is -2.39. The lowest BCUT2D eigenvalue weighted by Crippen LogP contribution is -2.57. The van der Waals surface area contributed by atoms with Gasteiger partial charge in [-0.2, -0.15) is 0 Å². The molecular weight excluding hydrogens is 512 g/mol. The molecule has 14 heteroatoms. The lowest BCUT2D eigenvalue weighted by Gasteiger charge is -2.38. The first-order valence-electron chi connectivity index (χ1n) is 11.6. The van der Waals surface area contributed by atoms with Gasteiger partial charge in [0.25, 0.3) is 6.43 Å². The van der Waals surface area contributed by atoms with E-state index in [9.17, 15) is 22.3 Å². The van der Waals surface area contributed by atoms with Gasteiger partial charge in [-0.1, -0.05) is 11.3 Å². The third kappa shape index (κ3) is 4.92. The highest BCUT2D eigenvalue weighted by atomic mass is 32.2. The van der Waals surface area contributed by atoms with Crippen LogP contribution in [0.3, 0.4) is 0 Å². The van der Waals surface area contributed by atoms with Crippen LogP contribution in [0.5, 0.6) is 0 Å². The highest BCUT2D eigenvalue weighted by Gasteiger charge is 2.41. The summed E-state index contributed by atoms with van der Waals surface area (Å²) in [5.41, 5.74) is 0.802. The second-order valence-corrected chi connectivity index (χ2v) is 12.4. The molecule has 5 rings (SSSR count). The summed E-state index contributed by atoms with van der Waals surface area (Å²) in [6.07, 6.45) is -1.29. The van der Waals surface area contributed by atoms with Crippen molar-refractivity contribution in [1.82, 2.24) is 30.2 Å². The Morgan fingerprint density at radius 2 is 2.03 bits per heavy atom. The maximum atomic E-state index is 13.4. The number of sulfonamides is 1. The van der Waals surface area contributed by atoms with Gasteiger partial charge in [-0.15, -0.1) is 10.2 Å². The maximum absolute atomic E-state index is 13.4. The first kappa shape index (κ1) is 25.3. The van der Waals surface area contributed by atoms with Crippen molar-refractivity contribution in [1.29, 1.82) is 0 Å². The fraction of sp³-hybridized carbons (Fsp3) is 0.545. The van der Waals surface area contributed by atoms with Crippen molar-refractivity contribution < 1.29 is 22.3 Å². The fourth-order valence-corrected chi connectivity index (χ4v) is 6.65. The molecule has 1 aromatic carbocycles.